The maximum Gasteiger partial charge on any atom is 0.0206 e. The molecule has 1 aliphatic heterocycles. The maximum absolute atomic E-state index is 4.13. The van der Waals surface area contributed by atoms with Crippen LogP contribution in [0.25, 0.3) is 5.57 Å². The topological polar surface area (TPSA) is 15.3 Å². The van der Waals surface area contributed by atoms with Crippen molar-refractivity contribution in [3.05, 3.63) is 42.5 Å². The average molecular weight is 244 g/mol. The molecule has 0 aliphatic carbocycles. The molecule has 0 saturated carbocycles. The minimum absolute atomic E-state index is 0.887. The van der Waals surface area contributed by atoms with E-state index in [2.05, 4.69) is 41.1 Å². The SMILES string of the molecule is C=C(CNCCN1CCCCC1)c1ccccc1. The van der Waals surface area contributed by atoms with Crippen LogP contribution in [0.4, 0.5) is 0 Å². The summed E-state index contributed by atoms with van der Waals surface area (Å²) < 4.78 is 0. The Morgan fingerprint density at radius 2 is 1.83 bits per heavy atom. The third kappa shape index (κ3) is 4.28. The van der Waals surface area contributed by atoms with Crippen molar-refractivity contribution in [2.75, 3.05) is 32.7 Å². The second kappa shape index (κ2) is 7.34. The highest BCUT2D eigenvalue weighted by Gasteiger charge is 2.08. The molecule has 1 aromatic carbocycles. The average Bonchev–Trinajstić information content (AvgIpc) is 2.45. The molecule has 0 spiro atoms. The summed E-state index contributed by atoms with van der Waals surface area (Å²) in [5.41, 5.74) is 2.41. The van der Waals surface area contributed by atoms with Gasteiger partial charge in [-0.15, -0.1) is 0 Å². The molecule has 2 rings (SSSR count). The molecule has 1 aromatic rings. The fraction of sp³-hybridized carbons (Fsp3) is 0.500. The van der Waals surface area contributed by atoms with Crippen molar-refractivity contribution in [2.24, 2.45) is 0 Å². The Hall–Kier alpha value is -1.12. The number of likely N-dealkylation sites (tertiary alicyclic amines) is 1. The van der Waals surface area contributed by atoms with E-state index in [9.17, 15) is 0 Å². The molecule has 1 aliphatic rings. The van der Waals surface area contributed by atoms with E-state index in [-0.39, 0.29) is 0 Å². The molecular weight excluding hydrogens is 220 g/mol. The van der Waals surface area contributed by atoms with Gasteiger partial charge in [0.25, 0.3) is 0 Å². The largest absolute Gasteiger partial charge is 0.311 e. The first-order valence-corrected chi connectivity index (χ1v) is 7.02. The highest BCUT2D eigenvalue weighted by molar-refractivity contribution is 5.64. The van der Waals surface area contributed by atoms with Crippen LogP contribution in [0.3, 0.4) is 0 Å². The Labute approximate surface area is 111 Å². The summed E-state index contributed by atoms with van der Waals surface area (Å²) in [6.07, 6.45) is 4.15. The smallest absolute Gasteiger partial charge is 0.0206 e. The molecule has 1 N–H and O–H groups in total. The lowest BCUT2D eigenvalue weighted by molar-refractivity contribution is 0.230. The summed E-state index contributed by atoms with van der Waals surface area (Å²) in [6, 6.07) is 10.4. The van der Waals surface area contributed by atoms with Crippen LogP contribution >= 0.6 is 0 Å². The summed E-state index contributed by atoms with van der Waals surface area (Å²) in [5.74, 6) is 0. The Bertz CT molecular complexity index is 353. The molecule has 0 bridgehead atoms. The zero-order valence-corrected chi connectivity index (χ0v) is 11.2. The van der Waals surface area contributed by atoms with Crippen LogP contribution in [0.2, 0.25) is 0 Å². The molecule has 2 nitrogen and oxygen atoms in total. The third-order valence-corrected chi connectivity index (χ3v) is 3.57. The molecule has 0 aromatic heterocycles. The fourth-order valence-electron chi connectivity index (χ4n) is 2.44. The van der Waals surface area contributed by atoms with Crippen LogP contribution in [-0.4, -0.2) is 37.6 Å². The zero-order chi connectivity index (χ0) is 12.6. The van der Waals surface area contributed by atoms with Gasteiger partial charge in [-0.05, 0) is 37.1 Å². The minimum atomic E-state index is 0.887. The number of rotatable bonds is 6. The van der Waals surface area contributed by atoms with Gasteiger partial charge >= 0.3 is 0 Å². The van der Waals surface area contributed by atoms with Crippen molar-refractivity contribution in [2.45, 2.75) is 19.3 Å². The van der Waals surface area contributed by atoms with Crippen molar-refractivity contribution < 1.29 is 0 Å². The van der Waals surface area contributed by atoms with E-state index in [1.54, 1.807) is 0 Å². The summed E-state index contributed by atoms with van der Waals surface area (Å²) in [4.78, 5) is 2.56. The van der Waals surface area contributed by atoms with Crippen LogP contribution in [0.1, 0.15) is 24.8 Å². The molecule has 0 unspecified atom stereocenters. The normalized spacial score (nSPS) is 16.7. The first-order valence-electron chi connectivity index (χ1n) is 7.02. The van der Waals surface area contributed by atoms with E-state index in [0.717, 1.165) is 13.1 Å². The number of piperidine rings is 1. The highest BCUT2D eigenvalue weighted by Crippen LogP contribution is 2.10. The van der Waals surface area contributed by atoms with Gasteiger partial charge in [-0.25, -0.2) is 0 Å². The quantitative estimate of drug-likeness (QED) is 0.774. The first kappa shape index (κ1) is 13.3. The van der Waals surface area contributed by atoms with Gasteiger partial charge in [0, 0.05) is 19.6 Å². The number of nitrogens with one attached hydrogen (secondary N) is 1. The van der Waals surface area contributed by atoms with Gasteiger partial charge in [0.2, 0.25) is 0 Å². The number of benzene rings is 1. The summed E-state index contributed by atoms with van der Waals surface area (Å²) in [6.45, 7) is 9.81. The molecule has 1 heterocycles. The van der Waals surface area contributed by atoms with Gasteiger partial charge < -0.3 is 10.2 Å². The lowest BCUT2D eigenvalue weighted by Crippen LogP contribution is -2.36. The van der Waals surface area contributed by atoms with Crippen LogP contribution in [0, 0.1) is 0 Å². The lowest BCUT2D eigenvalue weighted by Gasteiger charge is -2.26. The Morgan fingerprint density at radius 1 is 1.11 bits per heavy atom. The van der Waals surface area contributed by atoms with Crippen molar-refractivity contribution >= 4 is 5.57 Å². The minimum Gasteiger partial charge on any atom is -0.311 e. The maximum atomic E-state index is 4.13. The molecular formula is C16H24N2. The first-order chi connectivity index (χ1) is 8.86. The zero-order valence-electron chi connectivity index (χ0n) is 11.2. The van der Waals surface area contributed by atoms with E-state index in [1.165, 1.54) is 50.0 Å². The molecule has 1 saturated heterocycles. The van der Waals surface area contributed by atoms with Crippen LogP contribution in [0.5, 0.6) is 0 Å². The molecule has 0 amide bonds. The van der Waals surface area contributed by atoms with Gasteiger partial charge in [-0.2, -0.15) is 0 Å². The van der Waals surface area contributed by atoms with E-state index in [4.69, 9.17) is 0 Å². The molecule has 0 radical (unpaired) electrons. The summed E-state index contributed by atoms with van der Waals surface area (Å²) in [7, 11) is 0. The van der Waals surface area contributed by atoms with Gasteiger partial charge in [0.15, 0.2) is 0 Å². The van der Waals surface area contributed by atoms with E-state index in [0.29, 0.717) is 0 Å². The lowest BCUT2D eigenvalue weighted by atomic mass is 10.1. The van der Waals surface area contributed by atoms with Crippen molar-refractivity contribution in [1.29, 1.82) is 0 Å². The van der Waals surface area contributed by atoms with Gasteiger partial charge in [-0.3, -0.25) is 0 Å². The number of hydrogen-bond acceptors (Lipinski definition) is 2. The second-order valence-corrected chi connectivity index (χ2v) is 5.05. The molecule has 98 valence electrons. The van der Waals surface area contributed by atoms with Crippen molar-refractivity contribution in [1.82, 2.24) is 10.2 Å². The van der Waals surface area contributed by atoms with Gasteiger partial charge in [0.05, 0.1) is 0 Å². The summed E-state index contributed by atoms with van der Waals surface area (Å²) >= 11 is 0. The molecule has 2 heteroatoms. The van der Waals surface area contributed by atoms with Crippen molar-refractivity contribution in [3.8, 4) is 0 Å². The van der Waals surface area contributed by atoms with Crippen LogP contribution in [-0.2, 0) is 0 Å². The third-order valence-electron chi connectivity index (χ3n) is 3.57. The summed E-state index contributed by atoms with van der Waals surface area (Å²) in [5, 5.41) is 3.49. The Morgan fingerprint density at radius 3 is 2.56 bits per heavy atom. The highest BCUT2D eigenvalue weighted by atomic mass is 15.1. The molecule has 18 heavy (non-hydrogen) atoms. The van der Waals surface area contributed by atoms with Gasteiger partial charge in [-0.1, -0.05) is 43.3 Å². The second-order valence-electron chi connectivity index (χ2n) is 5.05. The van der Waals surface area contributed by atoms with E-state index >= 15 is 0 Å². The van der Waals surface area contributed by atoms with Crippen LogP contribution in [0.15, 0.2) is 36.9 Å². The fourth-order valence-corrected chi connectivity index (χ4v) is 2.44. The standard InChI is InChI=1S/C16H24N2/c1-15(16-8-4-2-5-9-16)14-17-10-13-18-11-6-3-7-12-18/h2,4-5,8-9,17H,1,3,6-7,10-14H2. The van der Waals surface area contributed by atoms with Crippen LogP contribution < -0.4 is 5.32 Å². The predicted octanol–water partition coefficient (Wildman–Crippen LogP) is 2.78. The van der Waals surface area contributed by atoms with Gasteiger partial charge in [0.1, 0.15) is 0 Å². The van der Waals surface area contributed by atoms with E-state index in [1.807, 2.05) is 6.07 Å². The Kier molecular flexibility index (Phi) is 5.43. The number of nitrogens with zero attached hydrogens (tertiary/aromatic N) is 1. The monoisotopic (exact) mass is 244 g/mol. The van der Waals surface area contributed by atoms with E-state index < -0.39 is 0 Å². The van der Waals surface area contributed by atoms with Crippen molar-refractivity contribution in [3.63, 3.8) is 0 Å². The molecule has 0 atom stereocenters. The predicted molar refractivity (Wildman–Crippen MR) is 78.6 cm³/mol. The molecule has 1 fully saturated rings. The Balaban J connectivity index is 1.62. The number of hydrogen-bond donors (Lipinski definition) is 1.